The van der Waals surface area contributed by atoms with Crippen LogP contribution in [0, 0.1) is 0 Å². The molecular weight excluding hydrogens is 268 g/mol. The van der Waals surface area contributed by atoms with E-state index in [1.165, 1.54) is 26.4 Å². The summed E-state index contributed by atoms with van der Waals surface area (Å²) in [5, 5.41) is 0.306. The van der Waals surface area contributed by atoms with Crippen molar-refractivity contribution in [2.24, 2.45) is 0 Å². The summed E-state index contributed by atoms with van der Waals surface area (Å²) < 4.78 is 10.8. The topological polar surface area (TPSA) is 35.5 Å². The summed E-state index contributed by atoms with van der Waals surface area (Å²) in [6.45, 7) is 12.3. The molecule has 0 N–H and O–H groups in total. The number of esters is 1. The van der Waals surface area contributed by atoms with Gasteiger partial charge in [-0.25, -0.2) is 0 Å². The van der Waals surface area contributed by atoms with Gasteiger partial charge in [0.1, 0.15) is 0 Å². The van der Waals surface area contributed by atoms with E-state index in [1.807, 2.05) is 0 Å². The van der Waals surface area contributed by atoms with Crippen molar-refractivity contribution in [3.8, 4) is 0 Å². The SMILES string of the molecule is COC(=O)CCCCCCCCO[Si](C)(C)C(C)(C)C. The van der Waals surface area contributed by atoms with Crippen molar-refractivity contribution in [3.05, 3.63) is 0 Å². The van der Waals surface area contributed by atoms with Crippen molar-refractivity contribution in [2.45, 2.75) is 83.8 Å². The second-order valence-corrected chi connectivity index (χ2v) is 11.9. The quantitative estimate of drug-likeness (QED) is 0.327. The Morgan fingerprint density at radius 2 is 1.45 bits per heavy atom. The van der Waals surface area contributed by atoms with Crippen LogP contribution in [0.3, 0.4) is 0 Å². The van der Waals surface area contributed by atoms with Crippen LogP contribution in [0.25, 0.3) is 0 Å². The van der Waals surface area contributed by atoms with Crippen LogP contribution in [0.4, 0.5) is 0 Å². The lowest BCUT2D eigenvalue weighted by Gasteiger charge is -2.36. The maximum Gasteiger partial charge on any atom is 0.305 e. The summed E-state index contributed by atoms with van der Waals surface area (Å²) in [4.78, 5) is 10.9. The minimum absolute atomic E-state index is 0.0900. The van der Waals surface area contributed by atoms with E-state index in [2.05, 4.69) is 38.6 Å². The Hall–Kier alpha value is -0.353. The normalized spacial score (nSPS) is 12.5. The molecule has 0 heterocycles. The van der Waals surface area contributed by atoms with Gasteiger partial charge in [-0.3, -0.25) is 4.79 Å². The van der Waals surface area contributed by atoms with Crippen LogP contribution in [0.5, 0.6) is 0 Å². The minimum Gasteiger partial charge on any atom is -0.469 e. The van der Waals surface area contributed by atoms with Crippen molar-refractivity contribution >= 4 is 14.3 Å². The minimum atomic E-state index is -1.55. The monoisotopic (exact) mass is 302 g/mol. The second-order valence-electron chi connectivity index (χ2n) is 7.06. The fourth-order valence-electron chi connectivity index (χ4n) is 1.72. The molecule has 3 nitrogen and oxygen atoms in total. The molecule has 0 aromatic heterocycles. The predicted molar refractivity (Wildman–Crippen MR) is 87.5 cm³/mol. The number of rotatable bonds is 10. The van der Waals surface area contributed by atoms with Crippen LogP contribution in [0.15, 0.2) is 0 Å². The van der Waals surface area contributed by atoms with Crippen LogP contribution >= 0.6 is 0 Å². The number of hydrogen-bond donors (Lipinski definition) is 0. The molecule has 0 saturated heterocycles. The maximum atomic E-state index is 10.9. The van der Waals surface area contributed by atoms with Gasteiger partial charge >= 0.3 is 5.97 Å². The molecule has 20 heavy (non-hydrogen) atoms. The molecule has 4 heteroatoms. The Morgan fingerprint density at radius 1 is 0.950 bits per heavy atom. The second kappa shape index (κ2) is 9.56. The molecule has 0 amide bonds. The first-order valence-electron chi connectivity index (χ1n) is 7.91. The van der Waals surface area contributed by atoms with Gasteiger partial charge in [0, 0.05) is 13.0 Å². The van der Waals surface area contributed by atoms with Crippen LogP contribution in [0.1, 0.15) is 65.7 Å². The molecule has 0 spiro atoms. The van der Waals surface area contributed by atoms with Crippen molar-refractivity contribution in [1.82, 2.24) is 0 Å². The third-order valence-electron chi connectivity index (χ3n) is 4.27. The Kier molecular flexibility index (Phi) is 9.39. The number of ether oxygens (including phenoxy) is 1. The van der Waals surface area contributed by atoms with Crippen LogP contribution in [0.2, 0.25) is 18.1 Å². The van der Waals surface area contributed by atoms with Crippen LogP contribution in [-0.2, 0) is 14.0 Å². The predicted octanol–water partition coefficient (Wildman–Crippen LogP) is 4.91. The van der Waals surface area contributed by atoms with Gasteiger partial charge in [-0.2, -0.15) is 0 Å². The summed E-state index contributed by atoms with van der Waals surface area (Å²) in [5.74, 6) is -0.0900. The third kappa shape index (κ3) is 8.75. The average Bonchev–Trinajstić information content (AvgIpc) is 2.34. The molecule has 0 aliphatic rings. The number of carbonyl (C=O) groups excluding carboxylic acids is 1. The van der Waals surface area contributed by atoms with Gasteiger partial charge in [-0.15, -0.1) is 0 Å². The summed E-state index contributed by atoms with van der Waals surface area (Å²) in [7, 11) is -0.105. The molecule has 0 unspecified atom stereocenters. The van der Waals surface area contributed by atoms with E-state index in [0.717, 1.165) is 25.9 Å². The van der Waals surface area contributed by atoms with Gasteiger partial charge in [0.25, 0.3) is 0 Å². The smallest absolute Gasteiger partial charge is 0.305 e. The number of hydrogen-bond acceptors (Lipinski definition) is 3. The molecule has 0 saturated carbocycles. The van der Waals surface area contributed by atoms with Gasteiger partial charge in [-0.1, -0.05) is 46.5 Å². The Bertz CT molecular complexity index is 269. The van der Waals surface area contributed by atoms with E-state index in [-0.39, 0.29) is 5.97 Å². The van der Waals surface area contributed by atoms with Gasteiger partial charge in [0.15, 0.2) is 8.32 Å². The number of methoxy groups -OCH3 is 1. The zero-order valence-electron chi connectivity index (χ0n) is 14.4. The standard InChI is InChI=1S/C16H34O3Si/c1-16(2,3)20(5,6)19-14-12-10-8-7-9-11-13-15(17)18-4/h7-14H2,1-6H3. The van der Waals surface area contributed by atoms with Crippen molar-refractivity contribution in [1.29, 1.82) is 0 Å². The number of unbranched alkanes of at least 4 members (excludes halogenated alkanes) is 5. The maximum absolute atomic E-state index is 10.9. The van der Waals surface area contributed by atoms with Gasteiger partial charge < -0.3 is 9.16 Å². The molecule has 0 radical (unpaired) electrons. The Labute approximate surface area is 126 Å². The highest BCUT2D eigenvalue weighted by Crippen LogP contribution is 2.36. The Morgan fingerprint density at radius 3 is 1.95 bits per heavy atom. The molecule has 0 atom stereocenters. The molecule has 0 aliphatic carbocycles. The molecule has 0 rings (SSSR count). The molecule has 0 aromatic rings. The van der Waals surface area contributed by atoms with E-state index >= 15 is 0 Å². The van der Waals surface area contributed by atoms with Gasteiger partial charge in [0.05, 0.1) is 7.11 Å². The molecular formula is C16H34O3Si. The van der Waals surface area contributed by atoms with Crippen molar-refractivity contribution in [2.75, 3.05) is 13.7 Å². The largest absolute Gasteiger partial charge is 0.469 e. The van der Waals surface area contributed by atoms with E-state index in [9.17, 15) is 4.79 Å². The lowest BCUT2D eigenvalue weighted by Crippen LogP contribution is -2.40. The fraction of sp³-hybridized carbons (Fsp3) is 0.938. The highest BCUT2D eigenvalue weighted by molar-refractivity contribution is 6.74. The van der Waals surface area contributed by atoms with Crippen molar-refractivity contribution < 1.29 is 14.0 Å². The first-order chi connectivity index (χ1) is 9.20. The van der Waals surface area contributed by atoms with E-state index in [1.54, 1.807) is 0 Å². The molecule has 0 fully saturated rings. The van der Waals surface area contributed by atoms with Gasteiger partial charge in [-0.05, 0) is 31.0 Å². The summed E-state index contributed by atoms with van der Waals surface area (Å²) in [6.07, 6.45) is 7.46. The molecule has 0 aromatic carbocycles. The Balaban J connectivity index is 3.44. The fourth-order valence-corrected chi connectivity index (χ4v) is 2.81. The zero-order chi connectivity index (χ0) is 15.6. The molecule has 0 bridgehead atoms. The first-order valence-corrected chi connectivity index (χ1v) is 10.8. The lowest BCUT2D eigenvalue weighted by molar-refractivity contribution is -0.140. The van der Waals surface area contributed by atoms with Crippen LogP contribution in [-0.4, -0.2) is 28.0 Å². The van der Waals surface area contributed by atoms with E-state index in [0.29, 0.717) is 11.5 Å². The summed E-state index contributed by atoms with van der Waals surface area (Å²) in [6, 6.07) is 0. The summed E-state index contributed by atoms with van der Waals surface area (Å²) in [5.41, 5.74) is 0. The number of carbonyl (C=O) groups is 1. The van der Waals surface area contributed by atoms with Crippen LogP contribution < -0.4 is 0 Å². The highest BCUT2D eigenvalue weighted by atomic mass is 28.4. The lowest BCUT2D eigenvalue weighted by atomic mass is 10.1. The van der Waals surface area contributed by atoms with E-state index in [4.69, 9.17) is 4.43 Å². The average molecular weight is 303 g/mol. The molecule has 120 valence electrons. The zero-order valence-corrected chi connectivity index (χ0v) is 15.4. The highest BCUT2D eigenvalue weighted by Gasteiger charge is 2.36. The molecule has 0 aliphatic heterocycles. The van der Waals surface area contributed by atoms with Crippen molar-refractivity contribution in [3.63, 3.8) is 0 Å². The van der Waals surface area contributed by atoms with E-state index < -0.39 is 8.32 Å². The van der Waals surface area contributed by atoms with Gasteiger partial charge in [0.2, 0.25) is 0 Å². The summed E-state index contributed by atoms with van der Waals surface area (Å²) >= 11 is 0. The first kappa shape index (κ1) is 19.6. The third-order valence-corrected chi connectivity index (χ3v) is 8.81.